The highest BCUT2D eigenvalue weighted by Crippen LogP contribution is 2.52. The number of hydrogen-bond donors (Lipinski definition) is 2. The number of thiol groups is 1. The lowest BCUT2D eigenvalue weighted by molar-refractivity contribution is -0.113. The van der Waals surface area contributed by atoms with Gasteiger partial charge in [-0.2, -0.15) is 0 Å². The molecule has 0 saturated carbocycles. The third-order valence-electron chi connectivity index (χ3n) is 6.22. The molecule has 3 rings (SSSR count). The predicted molar refractivity (Wildman–Crippen MR) is 132 cm³/mol. The van der Waals surface area contributed by atoms with E-state index in [9.17, 15) is 9.59 Å². The van der Waals surface area contributed by atoms with Crippen LogP contribution in [0, 0.1) is 5.41 Å². The fraction of sp³-hybridized carbons (Fsp3) is 0.500. The zero-order chi connectivity index (χ0) is 23.5. The molecule has 0 fully saturated rings. The van der Waals surface area contributed by atoms with Gasteiger partial charge in [0.05, 0.1) is 23.1 Å². The van der Waals surface area contributed by atoms with Crippen molar-refractivity contribution in [2.45, 2.75) is 77.9 Å². The quantitative estimate of drug-likeness (QED) is 0.488. The number of alkyl carbamates (subject to hydrolysis) is 1. The molecular formula is C26H34N2O3S. The number of hydrogen-bond acceptors (Lipinski definition) is 5. The number of carbonyl (C=O) groups is 2. The number of aliphatic imine (C=N–C) groups is 1. The van der Waals surface area contributed by atoms with Gasteiger partial charge >= 0.3 is 6.09 Å². The molecule has 1 aromatic carbocycles. The van der Waals surface area contributed by atoms with Crippen molar-refractivity contribution in [1.29, 1.82) is 0 Å². The Balaban J connectivity index is 1.84. The number of nitrogens with zero attached hydrogens (tertiary/aromatic N) is 1. The molecule has 0 bridgehead atoms. The lowest BCUT2D eigenvalue weighted by Crippen LogP contribution is -2.41. The Bertz CT molecular complexity index is 974. The minimum atomic E-state index is -0.561. The Morgan fingerprint density at radius 3 is 2.69 bits per heavy atom. The molecule has 2 atom stereocenters. The van der Waals surface area contributed by atoms with E-state index in [1.807, 2.05) is 32.9 Å². The van der Waals surface area contributed by atoms with E-state index < -0.39 is 11.7 Å². The van der Waals surface area contributed by atoms with Gasteiger partial charge in [0, 0.05) is 6.20 Å². The van der Waals surface area contributed by atoms with Gasteiger partial charge in [-0.3, -0.25) is 9.79 Å². The number of rotatable bonds is 7. The van der Waals surface area contributed by atoms with E-state index in [1.165, 1.54) is 11.8 Å². The van der Waals surface area contributed by atoms with Crippen LogP contribution in [0.2, 0.25) is 0 Å². The van der Waals surface area contributed by atoms with E-state index >= 15 is 0 Å². The molecule has 0 saturated heterocycles. The molecule has 1 aliphatic heterocycles. The number of allylic oxidation sites excluding steroid dienone is 2. The van der Waals surface area contributed by atoms with E-state index in [4.69, 9.17) is 4.74 Å². The first-order valence-electron chi connectivity index (χ1n) is 11.3. The topological polar surface area (TPSA) is 67.8 Å². The summed E-state index contributed by atoms with van der Waals surface area (Å²) in [5.74, 6) is -0.0273. The van der Waals surface area contributed by atoms with Gasteiger partial charge in [0.25, 0.3) is 0 Å². The molecular weight excluding hydrogens is 420 g/mol. The van der Waals surface area contributed by atoms with Crippen LogP contribution >= 0.6 is 12.6 Å². The van der Waals surface area contributed by atoms with Crippen molar-refractivity contribution in [2.75, 3.05) is 0 Å². The molecule has 5 nitrogen and oxygen atoms in total. The van der Waals surface area contributed by atoms with E-state index in [0.29, 0.717) is 11.3 Å². The largest absolute Gasteiger partial charge is 0.444 e. The van der Waals surface area contributed by atoms with Crippen LogP contribution in [0.15, 0.2) is 52.5 Å². The molecule has 172 valence electrons. The molecule has 1 heterocycles. The standard InChI is InChI=1S/C26H34N2O3S/c1-6-12-26(13-11-17(2)20-14-21(29)22(32)16-27-20)15-18-9-7-8-10-19(18)23(26)28-24(30)31-25(3,4)5/h7-10,16,23,32H,2,6,11-15H2,1,3-5H3,(H,28,30)/t23-,26?/m1/s1. The average Bonchev–Trinajstić information content (AvgIpc) is 3.00. The highest BCUT2D eigenvalue weighted by atomic mass is 32.1. The van der Waals surface area contributed by atoms with Crippen molar-refractivity contribution in [3.63, 3.8) is 0 Å². The number of ketones is 1. The number of benzene rings is 1. The van der Waals surface area contributed by atoms with Crippen LogP contribution in [0.25, 0.3) is 0 Å². The number of amides is 1. The fourth-order valence-corrected chi connectivity index (χ4v) is 4.93. The zero-order valence-electron chi connectivity index (χ0n) is 19.5. The molecule has 1 aromatic rings. The van der Waals surface area contributed by atoms with Crippen LogP contribution in [0.1, 0.15) is 77.0 Å². The Morgan fingerprint density at radius 2 is 2.03 bits per heavy atom. The maximum atomic E-state index is 12.7. The molecule has 2 aliphatic rings. The lowest BCUT2D eigenvalue weighted by atomic mass is 9.72. The minimum Gasteiger partial charge on any atom is -0.444 e. The monoisotopic (exact) mass is 454 g/mol. The minimum absolute atomic E-state index is 0.0273. The summed E-state index contributed by atoms with van der Waals surface area (Å²) in [5.41, 5.74) is 3.31. The molecule has 1 aliphatic carbocycles. The van der Waals surface area contributed by atoms with Crippen LogP contribution in [0.4, 0.5) is 4.79 Å². The molecule has 0 spiro atoms. The number of Topliss-reactive ketones (excluding diaryl/α,β-unsaturated/α-hetero) is 1. The second kappa shape index (κ2) is 9.65. The van der Waals surface area contributed by atoms with Crippen LogP contribution in [-0.2, 0) is 16.0 Å². The Labute approximate surface area is 196 Å². The summed E-state index contributed by atoms with van der Waals surface area (Å²) in [6, 6.07) is 8.18. The molecule has 0 aromatic heterocycles. The third-order valence-corrected chi connectivity index (χ3v) is 6.58. The fourth-order valence-electron chi connectivity index (χ4n) is 4.79. The summed E-state index contributed by atoms with van der Waals surface area (Å²) >= 11 is 4.15. The maximum Gasteiger partial charge on any atom is 0.408 e. The van der Waals surface area contributed by atoms with Gasteiger partial charge in [-0.05, 0) is 68.6 Å². The SMILES string of the molecule is C=C(CCC1(CCC)Cc2ccccc2[C@H]1NC(=O)OC(C)(C)C)C1=NC=C(S)C(=O)C1. The number of carbonyl (C=O) groups excluding carboxylic acids is 2. The van der Waals surface area contributed by atoms with E-state index in [-0.39, 0.29) is 23.7 Å². The van der Waals surface area contributed by atoms with E-state index in [0.717, 1.165) is 42.5 Å². The highest BCUT2D eigenvalue weighted by Gasteiger charge is 2.46. The van der Waals surface area contributed by atoms with Gasteiger partial charge in [0.15, 0.2) is 5.78 Å². The predicted octanol–water partition coefficient (Wildman–Crippen LogP) is 6.12. The molecule has 1 amide bonds. The normalized spacial score (nSPS) is 22.7. The summed E-state index contributed by atoms with van der Waals surface area (Å²) in [6.07, 6.45) is 5.75. The third kappa shape index (κ3) is 5.52. The van der Waals surface area contributed by atoms with Gasteiger partial charge in [-0.25, -0.2) is 4.79 Å². The summed E-state index contributed by atoms with van der Waals surface area (Å²) in [5, 5.41) is 3.19. The summed E-state index contributed by atoms with van der Waals surface area (Å²) < 4.78 is 5.59. The Kier molecular flexibility index (Phi) is 7.33. The van der Waals surface area contributed by atoms with Crippen molar-refractivity contribution in [3.8, 4) is 0 Å². The Hall–Kier alpha value is -2.34. The highest BCUT2D eigenvalue weighted by molar-refractivity contribution is 7.85. The summed E-state index contributed by atoms with van der Waals surface area (Å²) in [4.78, 5) is 29.6. The van der Waals surface area contributed by atoms with E-state index in [2.05, 4.69) is 48.6 Å². The van der Waals surface area contributed by atoms with Crippen LogP contribution in [0.3, 0.4) is 0 Å². The van der Waals surface area contributed by atoms with Crippen molar-refractivity contribution < 1.29 is 14.3 Å². The zero-order valence-corrected chi connectivity index (χ0v) is 20.4. The first-order chi connectivity index (χ1) is 15.0. The van der Waals surface area contributed by atoms with Gasteiger partial charge in [-0.1, -0.05) is 44.2 Å². The van der Waals surface area contributed by atoms with E-state index in [1.54, 1.807) is 0 Å². The molecule has 1 N–H and O–H groups in total. The lowest BCUT2D eigenvalue weighted by Gasteiger charge is -2.37. The van der Waals surface area contributed by atoms with Crippen molar-refractivity contribution in [1.82, 2.24) is 5.32 Å². The summed E-state index contributed by atoms with van der Waals surface area (Å²) in [7, 11) is 0. The molecule has 1 unspecified atom stereocenters. The first-order valence-corrected chi connectivity index (χ1v) is 11.7. The van der Waals surface area contributed by atoms with Crippen LogP contribution in [0.5, 0.6) is 0 Å². The van der Waals surface area contributed by atoms with Gasteiger partial charge in [0.1, 0.15) is 5.60 Å². The van der Waals surface area contributed by atoms with Crippen LogP contribution in [-0.4, -0.2) is 23.2 Å². The van der Waals surface area contributed by atoms with Crippen molar-refractivity contribution in [3.05, 3.63) is 58.6 Å². The van der Waals surface area contributed by atoms with Crippen molar-refractivity contribution >= 4 is 30.2 Å². The van der Waals surface area contributed by atoms with Crippen LogP contribution < -0.4 is 5.32 Å². The average molecular weight is 455 g/mol. The molecule has 32 heavy (non-hydrogen) atoms. The second-order valence-corrected chi connectivity index (χ2v) is 10.3. The second-order valence-electron chi connectivity index (χ2n) is 9.86. The molecule has 0 radical (unpaired) electrons. The smallest absolute Gasteiger partial charge is 0.408 e. The first kappa shape index (κ1) is 24.3. The van der Waals surface area contributed by atoms with Crippen molar-refractivity contribution in [2.24, 2.45) is 10.4 Å². The summed E-state index contributed by atoms with van der Waals surface area (Å²) in [6.45, 7) is 12.0. The molecule has 6 heteroatoms. The van der Waals surface area contributed by atoms with Gasteiger partial charge in [0.2, 0.25) is 0 Å². The Morgan fingerprint density at radius 1 is 1.31 bits per heavy atom. The maximum absolute atomic E-state index is 12.7. The van der Waals surface area contributed by atoms with Gasteiger partial charge in [-0.15, -0.1) is 12.6 Å². The number of ether oxygens (including phenoxy) is 1. The number of nitrogens with one attached hydrogen (secondary N) is 1. The van der Waals surface area contributed by atoms with Gasteiger partial charge < -0.3 is 10.1 Å². The number of fused-ring (bicyclic) bond motifs is 1.